The van der Waals surface area contributed by atoms with Gasteiger partial charge >= 0.3 is 5.97 Å². The number of esters is 1. The number of hydrogen-bond donors (Lipinski definition) is 1. The van der Waals surface area contributed by atoms with Crippen LogP contribution < -0.4 is 14.8 Å². The molecular weight excluding hydrogens is 402 g/mol. The van der Waals surface area contributed by atoms with E-state index in [4.69, 9.17) is 9.47 Å². The summed E-state index contributed by atoms with van der Waals surface area (Å²) in [5.74, 6) is 2.85. The molecule has 0 aliphatic carbocycles. The van der Waals surface area contributed by atoms with Gasteiger partial charge in [-0.3, -0.25) is 9.59 Å². The molecule has 1 amide bonds. The van der Waals surface area contributed by atoms with Crippen LogP contribution in [-0.2, 0) is 4.79 Å². The van der Waals surface area contributed by atoms with E-state index >= 15 is 0 Å². The number of benzene rings is 1. The predicted molar refractivity (Wildman–Crippen MR) is 112 cm³/mol. The van der Waals surface area contributed by atoms with E-state index in [0.29, 0.717) is 33.9 Å². The summed E-state index contributed by atoms with van der Waals surface area (Å²) in [4.78, 5) is 24.6. The summed E-state index contributed by atoms with van der Waals surface area (Å²) in [6.07, 6.45) is 0.746. The topological polar surface area (TPSA) is 64.6 Å². The van der Waals surface area contributed by atoms with Gasteiger partial charge in [0.25, 0.3) is 5.91 Å². The molecule has 27 heavy (non-hydrogen) atoms. The van der Waals surface area contributed by atoms with Crippen molar-refractivity contribution < 1.29 is 19.1 Å². The number of carbonyl (C=O) groups is 2. The van der Waals surface area contributed by atoms with Crippen LogP contribution in [0.2, 0.25) is 0 Å². The lowest BCUT2D eigenvalue weighted by Crippen LogP contribution is -2.24. The Kier molecular flexibility index (Phi) is 7.49. The molecule has 0 atom stereocenters. The SMILES string of the molecule is COc1cc(C2SCCS2)ccc1OC(=O)CCCNC(=O)c1cccs1. The smallest absolute Gasteiger partial charge is 0.311 e. The van der Waals surface area contributed by atoms with E-state index in [1.807, 2.05) is 47.1 Å². The Balaban J connectivity index is 1.46. The lowest BCUT2D eigenvalue weighted by atomic mass is 10.2. The van der Waals surface area contributed by atoms with Gasteiger partial charge in [0.1, 0.15) is 0 Å². The van der Waals surface area contributed by atoms with Crippen LogP contribution in [0.3, 0.4) is 0 Å². The molecule has 1 aliphatic rings. The van der Waals surface area contributed by atoms with Gasteiger partial charge in [-0.25, -0.2) is 0 Å². The average Bonchev–Trinajstić information content (AvgIpc) is 3.39. The summed E-state index contributed by atoms with van der Waals surface area (Å²) in [5.41, 5.74) is 1.18. The Hall–Kier alpha value is -1.64. The number of thiophene rings is 1. The van der Waals surface area contributed by atoms with Crippen LogP contribution in [0.25, 0.3) is 0 Å². The molecule has 0 radical (unpaired) electrons. The first-order valence-corrected chi connectivity index (χ1v) is 11.6. The first kappa shape index (κ1) is 20.1. The number of thioether (sulfide) groups is 2. The van der Waals surface area contributed by atoms with E-state index in [2.05, 4.69) is 5.32 Å². The summed E-state index contributed by atoms with van der Waals surface area (Å²) < 4.78 is 11.3. The fourth-order valence-electron chi connectivity index (χ4n) is 2.57. The molecule has 0 saturated carbocycles. The second-order valence-corrected chi connectivity index (χ2v) is 9.47. The molecule has 1 saturated heterocycles. The normalized spacial score (nSPS) is 14.1. The molecule has 0 spiro atoms. The highest BCUT2D eigenvalue weighted by molar-refractivity contribution is 8.19. The molecule has 1 aliphatic heterocycles. The van der Waals surface area contributed by atoms with E-state index < -0.39 is 0 Å². The van der Waals surface area contributed by atoms with Crippen molar-refractivity contribution in [1.82, 2.24) is 5.32 Å². The summed E-state index contributed by atoms with van der Waals surface area (Å²) in [7, 11) is 1.57. The summed E-state index contributed by atoms with van der Waals surface area (Å²) in [6, 6.07) is 9.33. The van der Waals surface area contributed by atoms with Crippen LogP contribution in [0.4, 0.5) is 0 Å². The molecule has 1 aromatic carbocycles. The molecule has 5 nitrogen and oxygen atoms in total. The zero-order valence-corrected chi connectivity index (χ0v) is 17.4. The van der Waals surface area contributed by atoms with Gasteiger partial charge in [-0.1, -0.05) is 12.1 Å². The molecule has 2 heterocycles. The lowest BCUT2D eigenvalue weighted by molar-refractivity contribution is -0.134. The fourth-order valence-corrected chi connectivity index (χ4v) is 6.05. The maximum Gasteiger partial charge on any atom is 0.311 e. The molecule has 3 rings (SSSR count). The van der Waals surface area contributed by atoms with E-state index in [1.54, 1.807) is 19.2 Å². The Labute approximate surface area is 171 Å². The minimum atomic E-state index is -0.337. The third kappa shape index (κ3) is 5.67. The first-order chi connectivity index (χ1) is 13.2. The van der Waals surface area contributed by atoms with Crippen LogP contribution >= 0.6 is 34.9 Å². The minimum Gasteiger partial charge on any atom is -0.493 e. The second-order valence-electron chi connectivity index (χ2n) is 5.79. The fraction of sp³-hybridized carbons (Fsp3) is 0.368. The molecule has 1 fully saturated rings. The van der Waals surface area contributed by atoms with Gasteiger partial charge in [-0.15, -0.1) is 34.9 Å². The largest absolute Gasteiger partial charge is 0.493 e. The van der Waals surface area contributed by atoms with Crippen LogP contribution in [-0.4, -0.2) is 37.0 Å². The Morgan fingerprint density at radius 1 is 1.19 bits per heavy atom. The second kappa shape index (κ2) is 10.1. The van der Waals surface area contributed by atoms with Crippen LogP contribution in [0.5, 0.6) is 11.5 Å². The van der Waals surface area contributed by atoms with E-state index in [9.17, 15) is 9.59 Å². The molecule has 1 N–H and O–H groups in total. The van der Waals surface area contributed by atoms with Crippen LogP contribution in [0.1, 0.15) is 32.7 Å². The monoisotopic (exact) mass is 423 g/mol. The molecular formula is C19H21NO4S3. The van der Waals surface area contributed by atoms with E-state index in [0.717, 1.165) is 11.5 Å². The zero-order chi connectivity index (χ0) is 19.1. The van der Waals surface area contributed by atoms with Gasteiger partial charge < -0.3 is 14.8 Å². The molecule has 1 aromatic heterocycles. The van der Waals surface area contributed by atoms with E-state index in [1.165, 1.54) is 16.9 Å². The van der Waals surface area contributed by atoms with Crippen molar-refractivity contribution in [3.63, 3.8) is 0 Å². The number of methoxy groups -OCH3 is 1. The standard InChI is InChI=1S/C19H21NO4S3/c1-23-15-12-13(19-26-10-11-27-19)6-7-14(15)24-17(21)5-2-8-20-18(22)16-4-3-9-25-16/h3-4,6-7,9,12,19H,2,5,8,10-11H2,1H3,(H,20,22). The highest BCUT2D eigenvalue weighted by Crippen LogP contribution is 2.46. The molecule has 8 heteroatoms. The van der Waals surface area contributed by atoms with E-state index in [-0.39, 0.29) is 18.3 Å². The van der Waals surface area contributed by atoms with Gasteiger partial charge in [0.2, 0.25) is 0 Å². The Bertz CT molecular complexity index is 773. The molecule has 144 valence electrons. The number of carbonyl (C=O) groups excluding carboxylic acids is 2. The third-order valence-electron chi connectivity index (χ3n) is 3.89. The average molecular weight is 424 g/mol. The Morgan fingerprint density at radius 3 is 2.70 bits per heavy atom. The highest BCUT2D eigenvalue weighted by atomic mass is 32.2. The van der Waals surface area contributed by atoms with Crippen molar-refractivity contribution >= 4 is 46.7 Å². The van der Waals surface area contributed by atoms with Crippen molar-refractivity contribution in [3.05, 3.63) is 46.2 Å². The van der Waals surface area contributed by atoms with Gasteiger partial charge in [0.15, 0.2) is 11.5 Å². The summed E-state index contributed by atoms with van der Waals surface area (Å²) >= 11 is 5.22. The van der Waals surface area contributed by atoms with Gasteiger partial charge in [-0.05, 0) is 35.6 Å². The number of amides is 1. The van der Waals surface area contributed by atoms with Crippen molar-refractivity contribution in [2.24, 2.45) is 0 Å². The number of nitrogens with one attached hydrogen (secondary N) is 1. The maximum atomic E-state index is 12.1. The highest BCUT2D eigenvalue weighted by Gasteiger charge is 2.20. The summed E-state index contributed by atoms with van der Waals surface area (Å²) in [5, 5.41) is 4.66. The van der Waals surface area contributed by atoms with Crippen molar-refractivity contribution in [2.75, 3.05) is 25.2 Å². The summed E-state index contributed by atoms with van der Waals surface area (Å²) in [6.45, 7) is 0.429. The van der Waals surface area contributed by atoms with Gasteiger partial charge in [0, 0.05) is 24.5 Å². The van der Waals surface area contributed by atoms with Crippen LogP contribution in [0, 0.1) is 0 Å². The number of ether oxygens (including phenoxy) is 2. The number of rotatable bonds is 8. The maximum absolute atomic E-state index is 12.1. The molecule has 0 unspecified atom stereocenters. The number of hydrogen-bond acceptors (Lipinski definition) is 7. The first-order valence-electron chi connectivity index (χ1n) is 8.61. The quantitative estimate of drug-likeness (QED) is 0.387. The van der Waals surface area contributed by atoms with Crippen molar-refractivity contribution in [3.8, 4) is 11.5 Å². The Morgan fingerprint density at radius 2 is 2.00 bits per heavy atom. The lowest BCUT2D eigenvalue weighted by Gasteiger charge is -2.13. The molecule has 2 aromatic rings. The molecule has 0 bridgehead atoms. The van der Waals surface area contributed by atoms with Crippen LogP contribution in [0.15, 0.2) is 35.7 Å². The zero-order valence-electron chi connectivity index (χ0n) is 14.9. The van der Waals surface area contributed by atoms with Gasteiger partial charge in [0.05, 0.1) is 16.6 Å². The van der Waals surface area contributed by atoms with Gasteiger partial charge in [-0.2, -0.15) is 0 Å². The van der Waals surface area contributed by atoms with Crippen molar-refractivity contribution in [1.29, 1.82) is 0 Å². The predicted octanol–water partition coefficient (Wildman–Crippen LogP) is 4.35. The minimum absolute atomic E-state index is 0.113. The van der Waals surface area contributed by atoms with Crippen molar-refractivity contribution in [2.45, 2.75) is 17.4 Å². The third-order valence-corrected chi connectivity index (χ3v) is 7.87.